The van der Waals surface area contributed by atoms with Gasteiger partial charge in [-0.1, -0.05) is 5.92 Å². The van der Waals surface area contributed by atoms with Gasteiger partial charge in [-0.05, 0) is 6.92 Å². The van der Waals surface area contributed by atoms with Crippen molar-refractivity contribution in [3.63, 3.8) is 0 Å². The molecule has 0 bridgehead atoms. The first-order chi connectivity index (χ1) is 6.13. The summed E-state index contributed by atoms with van der Waals surface area (Å²) in [5.74, 6) is 2.16. The predicted molar refractivity (Wildman–Crippen MR) is 49.0 cm³/mol. The SMILES string of the molecule is C#CC(C)NC(=O)c1cn(C)cn1. The molecular formula is C9H11N3O. The van der Waals surface area contributed by atoms with Gasteiger partial charge in [0.25, 0.3) is 5.91 Å². The minimum atomic E-state index is -0.269. The maximum absolute atomic E-state index is 11.3. The van der Waals surface area contributed by atoms with Crippen LogP contribution < -0.4 is 5.32 Å². The van der Waals surface area contributed by atoms with E-state index in [0.29, 0.717) is 5.69 Å². The number of amides is 1. The highest BCUT2D eigenvalue weighted by Crippen LogP contribution is 1.94. The molecule has 1 rings (SSSR count). The molecule has 0 aliphatic rings. The number of carbonyl (C=O) groups is 1. The number of imidazole rings is 1. The second-order valence-electron chi connectivity index (χ2n) is 2.79. The number of rotatable bonds is 2. The quantitative estimate of drug-likeness (QED) is 0.655. The molecule has 0 aliphatic carbocycles. The van der Waals surface area contributed by atoms with Crippen LogP contribution in [0.3, 0.4) is 0 Å². The van der Waals surface area contributed by atoms with Gasteiger partial charge in [0.05, 0.1) is 12.4 Å². The standard InChI is InChI=1S/C9H11N3O/c1-4-7(2)11-9(13)8-5-12(3)6-10-8/h1,5-7H,2-3H3,(H,11,13). The molecule has 0 aromatic carbocycles. The highest BCUT2D eigenvalue weighted by molar-refractivity contribution is 5.92. The fraction of sp³-hybridized carbons (Fsp3) is 0.333. The fourth-order valence-electron chi connectivity index (χ4n) is 0.842. The molecule has 1 atom stereocenters. The lowest BCUT2D eigenvalue weighted by atomic mass is 10.3. The predicted octanol–water partition coefficient (Wildman–Crippen LogP) is 0.172. The van der Waals surface area contributed by atoms with E-state index in [2.05, 4.69) is 16.2 Å². The van der Waals surface area contributed by atoms with Crippen LogP contribution >= 0.6 is 0 Å². The van der Waals surface area contributed by atoms with Crippen LogP contribution in [0.15, 0.2) is 12.5 Å². The Morgan fingerprint density at radius 3 is 3.00 bits per heavy atom. The second kappa shape index (κ2) is 3.76. The third-order valence-corrected chi connectivity index (χ3v) is 1.54. The Morgan fingerprint density at radius 1 is 1.85 bits per heavy atom. The van der Waals surface area contributed by atoms with Gasteiger partial charge in [-0.15, -0.1) is 6.42 Å². The zero-order valence-electron chi connectivity index (χ0n) is 7.61. The van der Waals surface area contributed by atoms with Crippen molar-refractivity contribution in [1.82, 2.24) is 14.9 Å². The van der Waals surface area contributed by atoms with Crippen molar-refractivity contribution in [3.05, 3.63) is 18.2 Å². The van der Waals surface area contributed by atoms with E-state index in [1.807, 2.05) is 0 Å². The van der Waals surface area contributed by atoms with Crippen LogP contribution in [0.4, 0.5) is 0 Å². The number of aryl methyl sites for hydroxylation is 1. The lowest BCUT2D eigenvalue weighted by Crippen LogP contribution is -2.31. The van der Waals surface area contributed by atoms with E-state index in [-0.39, 0.29) is 11.9 Å². The summed E-state index contributed by atoms with van der Waals surface area (Å²) in [7, 11) is 1.80. The zero-order valence-corrected chi connectivity index (χ0v) is 7.61. The fourth-order valence-corrected chi connectivity index (χ4v) is 0.842. The molecule has 0 aliphatic heterocycles. The lowest BCUT2D eigenvalue weighted by Gasteiger charge is -2.04. The first-order valence-electron chi connectivity index (χ1n) is 3.88. The molecule has 1 N–H and O–H groups in total. The summed E-state index contributed by atoms with van der Waals surface area (Å²) in [6.45, 7) is 1.74. The maximum atomic E-state index is 11.3. The number of nitrogens with one attached hydrogen (secondary N) is 1. The van der Waals surface area contributed by atoms with Gasteiger partial charge >= 0.3 is 0 Å². The Hall–Kier alpha value is -1.76. The van der Waals surface area contributed by atoms with Crippen LogP contribution in [0.5, 0.6) is 0 Å². The van der Waals surface area contributed by atoms with Gasteiger partial charge in [0, 0.05) is 13.2 Å². The Kier molecular flexibility index (Phi) is 2.70. The van der Waals surface area contributed by atoms with Gasteiger partial charge in [-0.25, -0.2) is 4.98 Å². The Balaban J connectivity index is 2.65. The number of hydrogen-bond acceptors (Lipinski definition) is 2. The number of hydrogen-bond donors (Lipinski definition) is 1. The first kappa shape index (κ1) is 9.33. The van der Waals surface area contributed by atoms with E-state index in [0.717, 1.165) is 0 Å². The molecule has 1 amide bonds. The summed E-state index contributed by atoms with van der Waals surface area (Å²) in [6, 6.07) is -0.269. The van der Waals surface area contributed by atoms with Gasteiger partial charge in [0.15, 0.2) is 0 Å². The van der Waals surface area contributed by atoms with E-state index in [4.69, 9.17) is 6.42 Å². The number of terminal acetylenes is 1. The smallest absolute Gasteiger partial charge is 0.272 e. The number of nitrogens with zero attached hydrogens (tertiary/aromatic N) is 2. The largest absolute Gasteiger partial charge is 0.340 e. The van der Waals surface area contributed by atoms with Gasteiger partial charge in [0.2, 0.25) is 0 Å². The molecule has 4 nitrogen and oxygen atoms in total. The normalized spacial score (nSPS) is 11.8. The van der Waals surface area contributed by atoms with Gasteiger partial charge in [-0.3, -0.25) is 4.79 Å². The average molecular weight is 177 g/mol. The van der Waals surface area contributed by atoms with Crippen molar-refractivity contribution in [3.8, 4) is 12.3 Å². The molecule has 0 spiro atoms. The molecule has 1 aromatic rings. The monoisotopic (exact) mass is 177 g/mol. The van der Waals surface area contributed by atoms with Crippen molar-refractivity contribution in [1.29, 1.82) is 0 Å². The average Bonchev–Trinajstić information content (AvgIpc) is 2.51. The minimum absolute atomic E-state index is 0.244. The summed E-state index contributed by atoms with van der Waals surface area (Å²) in [6.07, 6.45) is 8.32. The van der Waals surface area contributed by atoms with Gasteiger partial charge in [-0.2, -0.15) is 0 Å². The van der Waals surface area contributed by atoms with Crippen molar-refractivity contribution < 1.29 is 4.79 Å². The highest BCUT2D eigenvalue weighted by atomic mass is 16.1. The maximum Gasteiger partial charge on any atom is 0.272 e. The molecule has 0 saturated carbocycles. The van der Waals surface area contributed by atoms with Gasteiger partial charge in [0.1, 0.15) is 5.69 Å². The van der Waals surface area contributed by atoms with Crippen LogP contribution in [0.25, 0.3) is 0 Å². The highest BCUT2D eigenvalue weighted by Gasteiger charge is 2.09. The topological polar surface area (TPSA) is 46.9 Å². The van der Waals surface area contributed by atoms with Crippen LogP contribution in [0.1, 0.15) is 17.4 Å². The molecule has 0 radical (unpaired) electrons. The Morgan fingerprint density at radius 2 is 2.54 bits per heavy atom. The summed E-state index contributed by atoms with van der Waals surface area (Å²) < 4.78 is 1.70. The molecule has 4 heteroatoms. The molecule has 1 aromatic heterocycles. The summed E-state index contributed by atoms with van der Waals surface area (Å²) in [5.41, 5.74) is 0.379. The van der Waals surface area contributed by atoms with E-state index in [1.54, 1.807) is 31.1 Å². The van der Waals surface area contributed by atoms with Crippen molar-refractivity contribution >= 4 is 5.91 Å². The van der Waals surface area contributed by atoms with Crippen LogP contribution in [0, 0.1) is 12.3 Å². The van der Waals surface area contributed by atoms with Crippen LogP contribution in [-0.2, 0) is 7.05 Å². The lowest BCUT2D eigenvalue weighted by molar-refractivity contribution is 0.0943. The van der Waals surface area contributed by atoms with Crippen LogP contribution in [0.2, 0.25) is 0 Å². The van der Waals surface area contributed by atoms with Crippen molar-refractivity contribution in [2.75, 3.05) is 0 Å². The second-order valence-corrected chi connectivity index (χ2v) is 2.79. The first-order valence-corrected chi connectivity index (χ1v) is 3.88. The third kappa shape index (κ3) is 2.34. The third-order valence-electron chi connectivity index (χ3n) is 1.54. The van der Waals surface area contributed by atoms with Crippen molar-refractivity contribution in [2.45, 2.75) is 13.0 Å². The summed E-state index contributed by atoms with van der Waals surface area (Å²) in [4.78, 5) is 15.2. The molecule has 68 valence electrons. The number of aromatic nitrogens is 2. The molecule has 0 fully saturated rings. The van der Waals surface area contributed by atoms with Gasteiger partial charge < -0.3 is 9.88 Å². The Bertz CT molecular complexity index is 348. The summed E-state index contributed by atoms with van der Waals surface area (Å²) in [5, 5.41) is 2.61. The molecule has 13 heavy (non-hydrogen) atoms. The van der Waals surface area contributed by atoms with Crippen molar-refractivity contribution in [2.24, 2.45) is 7.05 Å². The molecule has 0 saturated heterocycles. The zero-order chi connectivity index (χ0) is 9.84. The minimum Gasteiger partial charge on any atom is -0.340 e. The van der Waals surface area contributed by atoms with E-state index >= 15 is 0 Å². The van der Waals surface area contributed by atoms with E-state index in [9.17, 15) is 4.79 Å². The molecule has 1 heterocycles. The van der Waals surface area contributed by atoms with E-state index < -0.39 is 0 Å². The molecular weight excluding hydrogens is 166 g/mol. The van der Waals surface area contributed by atoms with E-state index in [1.165, 1.54) is 0 Å². The Labute approximate surface area is 77.0 Å². The summed E-state index contributed by atoms with van der Waals surface area (Å²) >= 11 is 0. The van der Waals surface area contributed by atoms with Crippen LogP contribution in [-0.4, -0.2) is 21.5 Å². The number of carbonyl (C=O) groups excluding carboxylic acids is 1. The molecule has 1 unspecified atom stereocenters.